The van der Waals surface area contributed by atoms with Crippen molar-refractivity contribution >= 4 is 10.1 Å². The Morgan fingerprint density at radius 2 is 0.778 bits per heavy atom. The molecule has 1 unspecified atom stereocenters. The molecular formula is C39H75NO4S. The van der Waals surface area contributed by atoms with Crippen molar-refractivity contribution < 1.29 is 22.6 Å². The maximum absolute atomic E-state index is 11.5. The molecule has 0 aromatic heterocycles. The second-order valence-corrected chi connectivity index (χ2v) is 14.9. The van der Waals surface area contributed by atoms with Crippen LogP contribution < -0.4 is 0 Å². The van der Waals surface area contributed by atoms with Crippen LogP contribution in [0.5, 0.6) is 0 Å². The van der Waals surface area contributed by atoms with Crippen molar-refractivity contribution in [1.29, 1.82) is 0 Å². The summed E-state index contributed by atoms with van der Waals surface area (Å²) in [6, 6.07) is 0. The molecule has 0 radical (unpaired) electrons. The first-order chi connectivity index (χ1) is 21.8. The number of rotatable bonds is 34. The summed E-state index contributed by atoms with van der Waals surface area (Å²) in [7, 11) is -4.51. The standard InChI is InChI=1S/C39H75NO4S/c1-4-7-10-13-16-19-22-25-28-31-34-40(37-39(41)38-45(42,43)44,35-32-29-26-23-20-17-14-11-8-5-2)36-33-30-27-24-21-18-15-12-9-6-3/h31-36,39,41H,4-30,37-38H2,1-3H3/b34-31+,35-32+,36-33+. The summed E-state index contributed by atoms with van der Waals surface area (Å²) >= 11 is 0. The first-order valence-corrected chi connectivity index (χ1v) is 20.9. The highest BCUT2D eigenvalue weighted by Crippen LogP contribution is 2.19. The topological polar surface area (TPSA) is 77.4 Å². The minimum absolute atomic E-state index is 0.150. The van der Waals surface area contributed by atoms with Crippen molar-refractivity contribution in [3.8, 4) is 0 Å². The SMILES string of the molecule is CCCCCCCCCC/C=C/[N+](/C=C/CCCCCCCCCC)(/C=C/CCCCCCCCCC)CC(O)CS(=O)(=O)[O-]. The molecule has 0 rings (SSSR count). The molecule has 1 atom stereocenters. The van der Waals surface area contributed by atoms with E-state index in [9.17, 15) is 18.1 Å². The zero-order valence-corrected chi connectivity index (χ0v) is 30.9. The number of aliphatic hydroxyl groups is 1. The molecule has 0 aromatic carbocycles. The first kappa shape index (κ1) is 44.0. The molecule has 0 bridgehead atoms. The Kier molecular flexibility index (Phi) is 31.0. The van der Waals surface area contributed by atoms with Gasteiger partial charge in [0.25, 0.3) is 0 Å². The maximum Gasteiger partial charge on any atom is 0.119 e. The Hall–Kier alpha value is -0.950. The second kappa shape index (κ2) is 31.6. The van der Waals surface area contributed by atoms with E-state index < -0.39 is 22.0 Å². The van der Waals surface area contributed by atoms with E-state index in [4.69, 9.17) is 0 Å². The van der Waals surface area contributed by atoms with Crippen molar-refractivity contribution in [2.24, 2.45) is 0 Å². The maximum atomic E-state index is 11.5. The summed E-state index contributed by atoms with van der Waals surface area (Å²) in [6.45, 7) is 6.90. The van der Waals surface area contributed by atoms with Crippen LogP contribution >= 0.6 is 0 Å². The van der Waals surface area contributed by atoms with E-state index in [-0.39, 0.29) is 11.0 Å². The summed E-state index contributed by atoms with van der Waals surface area (Å²) in [6.07, 6.45) is 45.2. The summed E-state index contributed by atoms with van der Waals surface area (Å²) in [4.78, 5) is 0. The number of allylic oxidation sites excluding steroid dienone is 3. The molecule has 0 spiro atoms. The molecule has 6 heteroatoms. The molecule has 0 heterocycles. The lowest BCUT2D eigenvalue weighted by Gasteiger charge is -2.29. The largest absolute Gasteiger partial charge is 0.748 e. The number of nitrogens with zero attached hydrogens (tertiary/aromatic N) is 1. The Balaban J connectivity index is 5.30. The number of quaternary nitrogens is 1. The van der Waals surface area contributed by atoms with E-state index in [0.717, 1.165) is 38.5 Å². The predicted molar refractivity (Wildman–Crippen MR) is 195 cm³/mol. The molecule has 0 aliphatic rings. The van der Waals surface area contributed by atoms with Crippen LogP contribution in [0.25, 0.3) is 0 Å². The van der Waals surface area contributed by atoms with Gasteiger partial charge in [-0.2, -0.15) is 0 Å². The second-order valence-electron chi connectivity index (χ2n) is 13.5. The Labute approximate surface area is 281 Å². The lowest BCUT2D eigenvalue weighted by Crippen LogP contribution is -2.41. The number of aliphatic hydroxyl groups excluding tert-OH is 1. The molecular weight excluding hydrogens is 578 g/mol. The minimum atomic E-state index is -4.51. The molecule has 5 nitrogen and oxygen atoms in total. The van der Waals surface area contributed by atoms with E-state index in [1.807, 2.05) is 0 Å². The minimum Gasteiger partial charge on any atom is -0.748 e. The normalized spacial score (nSPS) is 13.6. The Morgan fingerprint density at radius 3 is 1.04 bits per heavy atom. The lowest BCUT2D eigenvalue weighted by molar-refractivity contribution is -0.777. The zero-order chi connectivity index (χ0) is 33.3. The predicted octanol–water partition coefficient (Wildman–Crippen LogP) is 11.8. The molecule has 0 aliphatic carbocycles. The third-order valence-electron chi connectivity index (χ3n) is 8.75. The fourth-order valence-corrected chi connectivity index (χ4v) is 6.56. The van der Waals surface area contributed by atoms with Crippen LogP contribution in [0, 0.1) is 0 Å². The third kappa shape index (κ3) is 31.4. The molecule has 266 valence electrons. The molecule has 0 aromatic rings. The van der Waals surface area contributed by atoms with E-state index in [2.05, 4.69) is 57.6 Å². The van der Waals surface area contributed by atoms with Crippen LogP contribution in [0.2, 0.25) is 0 Å². The number of hydrogen-bond donors (Lipinski definition) is 1. The molecule has 0 saturated carbocycles. The van der Waals surface area contributed by atoms with Gasteiger partial charge >= 0.3 is 0 Å². The molecule has 0 aliphatic heterocycles. The van der Waals surface area contributed by atoms with Gasteiger partial charge in [-0.1, -0.05) is 156 Å². The van der Waals surface area contributed by atoms with Crippen LogP contribution in [0.1, 0.15) is 194 Å². The van der Waals surface area contributed by atoms with E-state index in [0.29, 0.717) is 0 Å². The van der Waals surface area contributed by atoms with Gasteiger partial charge in [0.2, 0.25) is 0 Å². The van der Waals surface area contributed by atoms with Gasteiger partial charge in [-0.3, -0.25) is 0 Å². The van der Waals surface area contributed by atoms with Gasteiger partial charge in [0.05, 0.1) is 15.9 Å². The number of hydrogen-bond acceptors (Lipinski definition) is 4. The molecule has 0 fully saturated rings. The van der Waals surface area contributed by atoms with Gasteiger partial charge in [0.1, 0.15) is 31.2 Å². The highest BCUT2D eigenvalue weighted by atomic mass is 32.2. The molecule has 45 heavy (non-hydrogen) atoms. The highest BCUT2D eigenvalue weighted by molar-refractivity contribution is 7.85. The van der Waals surface area contributed by atoms with Crippen molar-refractivity contribution in [2.75, 3.05) is 12.3 Å². The smallest absolute Gasteiger partial charge is 0.119 e. The molecule has 0 amide bonds. The van der Waals surface area contributed by atoms with Crippen LogP contribution in [-0.2, 0) is 10.1 Å². The van der Waals surface area contributed by atoms with Crippen LogP contribution in [0.4, 0.5) is 0 Å². The first-order valence-electron chi connectivity index (χ1n) is 19.3. The van der Waals surface area contributed by atoms with Crippen molar-refractivity contribution in [2.45, 2.75) is 200 Å². The molecule has 0 saturated heterocycles. The van der Waals surface area contributed by atoms with Crippen LogP contribution in [0.3, 0.4) is 0 Å². The summed E-state index contributed by atoms with van der Waals surface area (Å²) < 4.78 is 34.7. The zero-order valence-electron chi connectivity index (χ0n) is 30.1. The van der Waals surface area contributed by atoms with E-state index >= 15 is 0 Å². The molecule has 1 N–H and O–H groups in total. The van der Waals surface area contributed by atoms with Gasteiger partial charge in [0.15, 0.2) is 0 Å². The number of unbranched alkanes of at least 4 members (excludes halogenated alkanes) is 24. The van der Waals surface area contributed by atoms with Crippen molar-refractivity contribution in [3.63, 3.8) is 0 Å². The fraction of sp³-hybridized carbons (Fsp3) is 0.846. The van der Waals surface area contributed by atoms with E-state index in [1.54, 1.807) is 0 Å². The van der Waals surface area contributed by atoms with Crippen LogP contribution in [-0.4, -0.2) is 41.0 Å². The van der Waals surface area contributed by atoms with Gasteiger partial charge in [0, 0.05) is 0 Å². The third-order valence-corrected chi connectivity index (χ3v) is 9.54. The lowest BCUT2D eigenvalue weighted by atomic mass is 10.1. The Bertz CT molecular complexity index is 747. The summed E-state index contributed by atoms with van der Waals surface area (Å²) in [5, 5.41) is 10.7. The van der Waals surface area contributed by atoms with Gasteiger partial charge in [-0.15, -0.1) is 0 Å². The average molecular weight is 654 g/mol. The summed E-state index contributed by atoms with van der Waals surface area (Å²) in [5.41, 5.74) is 0. The Morgan fingerprint density at radius 1 is 0.511 bits per heavy atom. The van der Waals surface area contributed by atoms with Gasteiger partial charge in [-0.05, 0) is 56.8 Å². The quantitative estimate of drug-likeness (QED) is 0.0426. The van der Waals surface area contributed by atoms with Gasteiger partial charge in [-0.25, -0.2) is 12.9 Å². The van der Waals surface area contributed by atoms with Crippen molar-refractivity contribution in [3.05, 3.63) is 36.8 Å². The fourth-order valence-electron chi connectivity index (χ4n) is 5.99. The van der Waals surface area contributed by atoms with Gasteiger partial charge < -0.3 is 9.66 Å². The van der Waals surface area contributed by atoms with E-state index in [1.165, 1.54) is 135 Å². The summed E-state index contributed by atoms with van der Waals surface area (Å²) in [5.74, 6) is -0.753. The highest BCUT2D eigenvalue weighted by Gasteiger charge is 2.25. The average Bonchev–Trinajstić information content (AvgIpc) is 2.99. The van der Waals surface area contributed by atoms with Crippen molar-refractivity contribution in [1.82, 2.24) is 0 Å². The monoisotopic (exact) mass is 654 g/mol. The van der Waals surface area contributed by atoms with Crippen LogP contribution in [0.15, 0.2) is 36.8 Å².